The number of rotatable bonds is 14. The maximum absolute atomic E-state index is 13.6. The molecule has 34 heavy (non-hydrogen) atoms. The van der Waals surface area contributed by atoms with E-state index in [1.807, 2.05) is 41.5 Å². The fourth-order valence-electron chi connectivity index (χ4n) is 3.53. The van der Waals surface area contributed by atoms with E-state index in [0.29, 0.717) is 19.3 Å². The molecule has 1 aromatic heterocycles. The van der Waals surface area contributed by atoms with Crippen molar-refractivity contribution in [1.82, 2.24) is 9.88 Å². The van der Waals surface area contributed by atoms with Crippen LogP contribution < -0.4 is 0 Å². The second kappa shape index (κ2) is 14.6. The first-order valence-electron chi connectivity index (χ1n) is 11.6. The van der Waals surface area contributed by atoms with E-state index in [1.54, 1.807) is 5.38 Å². The molecule has 1 heterocycles. The van der Waals surface area contributed by atoms with Crippen molar-refractivity contribution in [3.05, 3.63) is 26.5 Å². The Morgan fingerprint density at radius 2 is 1.91 bits per heavy atom. The van der Waals surface area contributed by atoms with Gasteiger partial charge in [-0.05, 0) is 30.2 Å². The molecule has 0 bridgehead atoms. The monoisotopic (exact) mass is 495 g/mol. The highest BCUT2D eigenvalue weighted by molar-refractivity contribution is 7.09. The molecule has 0 saturated carbocycles. The molecule has 1 rings (SSSR count). The van der Waals surface area contributed by atoms with E-state index in [-0.39, 0.29) is 54.5 Å². The highest BCUT2D eigenvalue weighted by atomic mass is 32.1. The topological polar surface area (TPSA) is 135 Å². The van der Waals surface area contributed by atoms with Crippen LogP contribution in [0, 0.1) is 11.8 Å². The summed E-state index contributed by atoms with van der Waals surface area (Å²) in [6.45, 7) is 11.4. The van der Waals surface area contributed by atoms with E-state index in [4.69, 9.17) is 15.0 Å². The zero-order valence-corrected chi connectivity index (χ0v) is 22.0. The van der Waals surface area contributed by atoms with Crippen LogP contribution in [0.2, 0.25) is 0 Å². The van der Waals surface area contributed by atoms with E-state index in [0.717, 1.165) is 5.01 Å². The van der Waals surface area contributed by atoms with Crippen molar-refractivity contribution in [2.24, 2.45) is 17.0 Å². The number of hydrogen-bond donors (Lipinski definition) is 0. The minimum Gasteiger partial charge on any atom is -0.464 e. The fraction of sp³-hybridized carbons (Fsp3) is 0.739. The lowest BCUT2D eigenvalue weighted by molar-refractivity contribution is -0.157. The third kappa shape index (κ3) is 8.29. The fourth-order valence-corrected chi connectivity index (χ4v) is 4.39. The van der Waals surface area contributed by atoms with Crippen LogP contribution in [0.25, 0.3) is 10.4 Å². The third-order valence-corrected chi connectivity index (χ3v) is 6.89. The molecule has 190 valence electrons. The van der Waals surface area contributed by atoms with Gasteiger partial charge >= 0.3 is 11.9 Å². The molecule has 1 amide bonds. The molecular formula is C23H37N5O5S. The predicted molar refractivity (Wildman–Crippen MR) is 130 cm³/mol. The summed E-state index contributed by atoms with van der Waals surface area (Å²) < 4.78 is 10.2. The summed E-state index contributed by atoms with van der Waals surface area (Å²) in [6, 6.07) is -1.22. The molecule has 0 radical (unpaired) electrons. The molecule has 0 saturated heterocycles. The highest BCUT2D eigenvalue weighted by Gasteiger charge is 2.35. The van der Waals surface area contributed by atoms with Crippen LogP contribution >= 0.6 is 11.3 Å². The van der Waals surface area contributed by atoms with Crippen LogP contribution in [0.3, 0.4) is 0 Å². The molecule has 0 aliphatic rings. The van der Waals surface area contributed by atoms with Gasteiger partial charge < -0.3 is 14.4 Å². The number of amides is 1. The number of esters is 2. The quantitative estimate of drug-likeness (QED) is 0.113. The standard InChI is InChI=1S/C23H37N5O5S/c1-8-10-19(29)33-13-28(22(30)20(26-27-24)15(5)9-2)18(14(3)4)11-16(6)21-25-17(12-34-21)23(31)32-7/h12,14-16,18,20H,8-11,13H2,1-7H3/t15-,16+,18+,20+/m0/s1. The SMILES string of the molecule is CCCC(=O)OCN(C(=O)[C@H](N=[N+]=[N-])[C@@H](C)CC)[C@H](C[C@@H](C)c1nc(C(=O)OC)cs1)C(C)C. The number of azide groups is 1. The van der Waals surface area contributed by atoms with Gasteiger partial charge in [0.1, 0.15) is 6.04 Å². The average Bonchev–Trinajstić information content (AvgIpc) is 3.31. The molecule has 1 aromatic rings. The molecule has 4 atom stereocenters. The van der Waals surface area contributed by atoms with Crippen molar-refractivity contribution < 1.29 is 23.9 Å². The van der Waals surface area contributed by atoms with Gasteiger partial charge in [0.05, 0.1) is 12.1 Å². The Kier molecular flexibility index (Phi) is 12.6. The van der Waals surface area contributed by atoms with Gasteiger partial charge in [-0.1, -0.05) is 53.1 Å². The van der Waals surface area contributed by atoms with Crippen LogP contribution in [0.4, 0.5) is 0 Å². The van der Waals surface area contributed by atoms with E-state index < -0.39 is 12.0 Å². The van der Waals surface area contributed by atoms with Gasteiger partial charge in [0, 0.05) is 28.7 Å². The summed E-state index contributed by atoms with van der Waals surface area (Å²) in [6.07, 6.45) is 2.06. The Bertz CT molecular complexity index is 868. The largest absolute Gasteiger partial charge is 0.464 e. The Morgan fingerprint density at radius 1 is 1.24 bits per heavy atom. The molecule has 0 N–H and O–H groups in total. The average molecular weight is 496 g/mol. The zero-order chi connectivity index (χ0) is 25.8. The van der Waals surface area contributed by atoms with Gasteiger partial charge in [0.25, 0.3) is 0 Å². The number of ether oxygens (including phenoxy) is 2. The van der Waals surface area contributed by atoms with Crippen molar-refractivity contribution in [3.63, 3.8) is 0 Å². The van der Waals surface area contributed by atoms with Crippen molar-refractivity contribution >= 4 is 29.2 Å². The number of methoxy groups -OCH3 is 1. The van der Waals surface area contributed by atoms with Crippen LogP contribution in [-0.4, -0.2) is 53.7 Å². The molecule has 0 aromatic carbocycles. The number of thiazole rings is 1. The number of nitrogens with zero attached hydrogens (tertiary/aromatic N) is 5. The van der Waals surface area contributed by atoms with Crippen LogP contribution in [0.1, 0.15) is 88.6 Å². The second-order valence-electron chi connectivity index (χ2n) is 8.75. The first-order chi connectivity index (χ1) is 16.1. The minimum absolute atomic E-state index is 0.0139. The lowest BCUT2D eigenvalue weighted by Crippen LogP contribution is -2.50. The molecule has 0 unspecified atom stereocenters. The van der Waals surface area contributed by atoms with Gasteiger partial charge in [0.15, 0.2) is 12.4 Å². The summed E-state index contributed by atoms with van der Waals surface area (Å²) in [4.78, 5) is 46.3. The maximum atomic E-state index is 13.6. The smallest absolute Gasteiger partial charge is 0.357 e. The molecular weight excluding hydrogens is 458 g/mol. The summed E-state index contributed by atoms with van der Waals surface area (Å²) in [7, 11) is 1.31. The summed E-state index contributed by atoms with van der Waals surface area (Å²) >= 11 is 1.36. The number of carbonyl (C=O) groups excluding carboxylic acids is 3. The molecule has 0 spiro atoms. The predicted octanol–water partition coefficient (Wildman–Crippen LogP) is 5.30. The van der Waals surface area contributed by atoms with Crippen LogP contribution in [-0.2, 0) is 19.1 Å². The Balaban J connectivity index is 3.26. The minimum atomic E-state index is -0.901. The van der Waals surface area contributed by atoms with Gasteiger partial charge in [-0.15, -0.1) is 11.3 Å². The maximum Gasteiger partial charge on any atom is 0.357 e. The lowest BCUT2D eigenvalue weighted by Gasteiger charge is -2.37. The number of aromatic nitrogens is 1. The van der Waals surface area contributed by atoms with Crippen LogP contribution in [0.15, 0.2) is 10.5 Å². The van der Waals surface area contributed by atoms with E-state index in [9.17, 15) is 14.4 Å². The van der Waals surface area contributed by atoms with E-state index >= 15 is 0 Å². The summed E-state index contributed by atoms with van der Waals surface area (Å²) in [5, 5.41) is 6.17. The van der Waals surface area contributed by atoms with Crippen molar-refractivity contribution in [2.45, 2.75) is 85.2 Å². The number of carbonyl (C=O) groups is 3. The first kappa shape index (κ1) is 29.4. The van der Waals surface area contributed by atoms with Gasteiger partial charge in [-0.2, -0.15) is 0 Å². The zero-order valence-electron chi connectivity index (χ0n) is 21.2. The molecule has 0 aliphatic heterocycles. The number of hydrogen-bond acceptors (Lipinski definition) is 8. The molecule has 10 nitrogen and oxygen atoms in total. The van der Waals surface area contributed by atoms with Crippen molar-refractivity contribution in [2.75, 3.05) is 13.8 Å². The van der Waals surface area contributed by atoms with Crippen molar-refractivity contribution in [3.8, 4) is 0 Å². The lowest BCUT2D eigenvalue weighted by atomic mass is 9.91. The third-order valence-electron chi connectivity index (χ3n) is 5.82. The van der Waals surface area contributed by atoms with Gasteiger partial charge in [-0.3, -0.25) is 9.59 Å². The molecule has 11 heteroatoms. The second-order valence-corrected chi connectivity index (χ2v) is 9.64. The van der Waals surface area contributed by atoms with Gasteiger partial charge in [-0.25, -0.2) is 9.78 Å². The van der Waals surface area contributed by atoms with E-state index in [1.165, 1.54) is 23.3 Å². The van der Waals surface area contributed by atoms with Gasteiger partial charge in [0.2, 0.25) is 5.91 Å². The van der Waals surface area contributed by atoms with E-state index in [2.05, 4.69) is 15.0 Å². The normalized spacial score (nSPS) is 14.5. The first-order valence-corrected chi connectivity index (χ1v) is 12.5. The summed E-state index contributed by atoms with van der Waals surface area (Å²) in [5.74, 6) is -1.50. The van der Waals surface area contributed by atoms with Crippen LogP contribution in [0.5, 0.6) is 0 Å². The Labute approximate surface area is 205 Å². The Hall–Kier alpha value is -2.65. The molecule has 0 aliphatic carbocycles. The Morgan fingerprint density at radius 3 is 2.44 bits per heavy atom. The summed E-state index contributed by atoms with van der Waals surface area (Å²) in [5.41, 5.74) is 9.31. The van der Waals surface area contributed by atoms with Crippen molar-refractivity contribution in [1.29, 1.82) is 0 Å². The highest BCUT2D eigenvalue weighted by Crippen LogP contribution is 2.30. The molecule has 0 fully saturated rings.